The minimum atomic E-state index is -0.600. The highest BCUT2D eigenvalue weighted by atomic mass is 79.9. The summed E-state index contributed by atoms with van der Waals surface area (Å²) in [5, 5.41) is 10.1. The van der Waals surface area contributed by atoms with Crippen LogP contribution in [0.5, 0.6) is 0 Å². The van der Waals surface area contributed by atoms with Crippen molar-refractivity contribution in [3.63, 3.8) is 0 Å². The first-order valence-corrected chi connectivity index (χ1v) is 9.31. The van der Waals surface area contributed by atoms with Gasteiger partial charge in [0.2, 0.25) is 0 Å². The third kappa shape index (κ3) is 12.5. The first kappa shape index (κ1) is 23.1. The summed E-state index contributed by atoms with van der Waals surface area (Å²) >= 11 is 6.60. The Bertz CT molecular complexity index is 501. The van der Waals surface area contributed by atoms with Crippen LogP contribution in [0.15, 0.2) is 33.8 Å². The minimum absolute atomic E-state index is 0.220. The predicted octanol–water partition coefficient (Wildman–Crippen LogP) is 4.23. The third-order valence-corrected chi connectivity index (χ3v) is 3.91. The Morgan fingerprint density at radius 1 is 1.38 bits per heavy atom. The van der Waals surface area contributed by atoms with Crippen LogP contribution in [0.1, 0.15) is 32.1 Å². The standard InChI is InChI=1S/C18H24Br2O4/c1-23-17(16(21)10-8-9-15(20)13-14-19)11-6-4-3-5-7-12-18(22)24-2/h6,9,11,13-14,16-17,21H,5,7-8,10,12H2,1-2H3/b11-6+,14-13-,15-9-/t16-,17-/m0/s1. The molecule has 0 amide bonds. The molecule has 0 aliphatic carbocycles. The van der Waals surface area contributed by atoms with Gasteiger partial charge in [0.25, 0.3) is 0 Å². The number of carbonyl (C=O) groups is 1. The average molecular weight is 464 g/mol. The molecule has 0 heterocycles. The van der Waals surface area contributed by atoms with Crippen molar-refractivity contribution >= 4 is 37.8 Å². The summed E-state index contributed by atoms with van der Waals surface area (Å²) in [4.78, 5) is 12.7. The van der Waals surface area contributed by atoms with Crippen LogP contribution >= 0.6 is 31.9 Å². The van der Waals surface area contributed by atoms with E-state index < -0.39 is 12.2 Å². The van der Waals surface area contributed by atoms with Crippen LogP contribution in [-0.2, 0) is 14.3 Å². The van der Waals surface area contributed by atoms with Crippen molar-refractivity contribution in [2.45, 2.75) is 44.3 Å². The molecule has 0 fully saturated rings. The Kier molecular flexibility index (Phi) is 15.1. The highest BCUT2D eigenvalue weighted by Gasteiger charge is 2.14. The lowest BCUT2D eigenvalue weighted by Crippen LogP contribution is -2.25. The number of esters is 1. The van der Waals surface area contributed by atoms with Gasteiger partial charge in [0, 0.05) is 24.4 Å². The summed E-state index contributed by atoms with van der Waals surface area (Å²) in [5.41, 5.74) is 0. The number of aliphatic hydroxyl groups excluding tert-OH is 1. The molecule has 0 aliphatic rings. The second-order valence-electron chi connectivity index (χ2n) is 4.84. The summed E-state index contributed by atoms with van der Waals surface area (Å²) in [6, 6.07) is 0. The number of carbonyl (C=O) groups excluding carboxylic acids is 1. The molecule has 0 aromatic rings. The maximum Gasteiger partial charge on any atom is 0.305 e. The number of hydrogen-bond donors (Lipinski definition) is 1. The molecule has 134 valence electrons. The van der Waals surface area contributed by atoms with E-state index in [1.165, 1.54) is 7.11 Å². The molecular weight excluding hydrogens is 440 g/mol. The smallest absolute Gasteiger partial charge is 0.305 e. The maximum absolute atomic E-state index is 10.9. The van der Waals surface area contributed by atoms with Gasteiger partial charge in [-0.15, -0.1) is 0 Å². The number of allylic oxidation sites excluding steroid dienone is 4. The number of hydrogen-bond acceptors (Lipinski definition) is 4. The van der Waals surface area contributed by atoms with Crippen molar-refractivity contribution in [3.8, 4) is 11.8 Å². The Morgan fingerprint density at radius 3 is 2.75 bits per heavy atom. The van der Waals surface area contributed by atoms with Crippen LogP contribution in [0, 0.1) is 11.8 Å². The third-order valence-electron chi connectivity index (χ3n) is 3.06. The van der Waals surface area contributed by atoms with Gasteiger partial charge in [-0.2, -0.15) is 0 Å². The van der Waals surface area contributed by atoms with Gasteiger partial charge in [-0.25, -0.2) is 0 Å². The zero-order chi connectivity index (χ0) is 18.2. The van der Waals surface area contributed by atoms with E-state index in [2.05, 4.69) is 48.4 Å². The van der Waals surface area contributed by atoms with Crippen molar-refractivity contribution in [2.24, 2.45) is 0 Å². The lowest BCUT2D eigenvalue weighted by atomic mass is 10.1. The molecule has 2 atom stereocenters. The number of unbranched alkanes of at least 4 members (excludes halogenated alkanes) is 1. The Morgan fingerprint density at radius 2 is 2.12 bits per heavy atom. The van der Waals surface area contributed by atoms with Crippen molar-refractivity contribution in [1.82, 2.24) is 0 Å². The highest BCUT2D eigenvalue weighted by molar-refractivity contribution is 9.12. The fourth-order valence-corrected chi connectivity index (χ4v) is 2.75. The Balaban J connectivity index is 4.20. The zero-order valence-corrected chi connectivity index (χ0v) is 17.2. The number of rotatable bonds is 10. The van der Waals surface area contributed by atoms with Crippen LogP contribution in [0.25, 0.3) is 0 Å². The van der Waals surface area contributed by atoms with E-state index in [9.17, 15) is 9.90 Å². The van der Waals surface area contributed by atoms with Crippen molar-refractivity contribution in [3.05, 3.63) is 33.8 Å². The van der Waals surface area contributed by atoms with Gasteiger partial charge in [-0.1, -0.05) is 49.8 Å². The van der Waals surface area contributed by atoms with E-state index in [4.69, 9.17) is 4.74 Å². The van der Waals surface area contributed by atoms with Gasteiger partial charge in [-0.05, 0) is 42.5 Å². The van der Waals surface area contributed by atoms with Crippen LogP contribution in [0.2, 0.25) is 0 Å². The molecule has 0 aliphatic heterocycles. The van der Waals surface area contributed by atoms with E-state index in [-0.39, 0.29) is 5.97 Å². The van der Waals surface area contributed by atoms with Gasteiger partial charge in [0.1, 0.15) is 6.10 Å². The van der Waals surface area contributed by atoms with E-state index in [1.54, 1.807) is 24.2 Å². The second-order valence-corrected chi connectivity index (χ2v) is 6.28. The molecule has 0 unspecified atom stereocenters. The van der Waals surface area contributed by atoms with Crippen LogP contribution < -0.4 is 0 Å². The number of ether oxygens (including phenoxy) is 2. The molecule has 0 radical (unpaired) electrons. The van der Waals surface area contributed by atoms with Crippen LogP contribution in [-0.4, -0.2) is 37.5 Å². The molecule has 0 saturated carbocycles. The summed E-state index contributed by atoms with van der Waals surface area (Å²) in [7, 11) is 2.93. The summed E-state index contributed by atoms with van der Waals surface area (Å²) in [6.07, 6.45) is 9.27. The number of methoxy groups -OCH3 is 2. The predicted molar refractivity (Wildman–Crippen MR) is 104 cm³/mol. The zero-order valence-electron chi connectivity index (χ0n) is 14.0. The Labute approximate surface area is 161 Å². The van der Waals surface area contributed by atoms with Gasteiger partial charge in [-0.3, -0.25) is 4.79 Å². The number of halogens is 2. The van der Waals surface area contributed by atoms with Gasteiger partial charge in [0.05, 0.1) is 13.2 Å². The van der Waals surface area contributed by atoms with Crippen LogP contribution in [0.3, 0.4) is 0 Å². The fraction of sp³-hybridized carbons (Fsp3) is 0.500. The number of aliphatic hydroxyl groups is 1. The summed E-state index contributed by atoms with van der Waals surface area (Å²) < 4.78 is 10.8. The first-order chi connectivity index (χ1) is 11.5. The SMILES string of the molecule is COC(=O)CCCC#C/C=C/[C@H](OC)[C@@H](O)CC/C=C(Br)/C=C\Br. The summed E-state index contributed by atoms with van der Waals surface area (Å²) in [6.45, 7) is 0. The lowest BCUT2D eigenvalue weighted by Gasteiger charge is -2.17. The van der Waals surface area contributed by atoms with E-state index in [0.717, 1.165) is 10.9 Å². The van der Waals surface area contributed by atoms with Crippen LogP contribution in [0.4, 0.5) is 0 Å². The monoisotopic (exact) mass is 462 g/mol. The highest BCUT2D eigenvalue weighted by Crippen LogP contribution is 2.13. The maximum atomic E-state index is 10.9. The van der Waals surface area contributed by atoms with Gasteiger partial charge < -0.3 is 14.6 Å². The molecule has 0 spiro atoms. The molecule has 6 heteroatoms. The van der Waals surface area contributed by atoms with E-state index in [0.29, 0.717) is 25.7 Å². The normalized spacial score (nSPS) is 14.5. The van der Waals surface area contributed by atoms with Gasteiger partial charge in [0.15, 0.2) is 0 Å². The minimum Gasteiger partial charge on any atom is -0.469 e. The van der Waals surface area contributed by atoms with Crippen molar-refractivity contribution in [1.29, 1.82) is 0 Å². The lowest BCUT2D eigenvalue weighted by molar-refractivity contribution is -0.140. The largest absolute Gasteiger partial charge is 0.469 e. The van der Waals surface area contributed by atoms with E-state index in [1.807, 2.05) is 12.2 Å². The molecule has 4 nitrogen and oxygen atoms in total. The molecule has 0 aromatic heterocycles. The average Bonchev–Trinajstić information content (AvgIpc) is 2.57. The molecule has 0 bridgehead atoms. The quantitative estimate of drug-likeness (QED) is 0.228. The molecule has 0 saturated heterocycles. The van der Waals surface area contributed by atoms with E-state index >= 15 is 0 Å². The van der Waals surface area contributed by atoms with Crippen molar-refractivity contribution in [2.75, 3.05) is 14.2 Å². The fourth-order valence-electron chi connectivity index (χ4n) is 1.75. The van der Waals surface area contributed by atoms with Gasteiger partial charge >= 0.3 is 5.97 Å². The molecule has 1 N–H and O–H groups in total. The summed E-state index contributed by atoms with van der Waals surface area (Å²) in [5.74, 6) is 5.61. The molecule has 0 aromatic carbocycles. The second kappa shape index (κ2) is 15.6. The Hall–Kier alpha value is -0.870. The van der Waals surface area contributed by atoms with Crippen molar-refractivity contribution < 1.29 is 19.4 Å². The first-order valence-electron chi connectivity index (χ1n) is 7.60. The molecule has 0 rings (SSSR count). The molecular formula is C18H24Br2O4. The molecule has 24 heavy (non-hydrogen) atoms. The topological polar surface area (TPSA) is 55.8 Å².